The third-order valence-electron chi connectivity index (χ3n) is 2.77. The summed E-state index contributed by atoms with van der Waals surface area (Å²) < 4.78 is 10.4. The van der Waals surface area contributed by atoms with Gasteiger partial charge in [0.1, 0.15) is 6.54 Å². The first-order valence-corrected chi connectivity index (χ1v) is 5.00. The monoisotopic (exact) mass is 209 g/mol. The second-order valence-electron chi connectivity index (χ2n) is 3.69. The summed E-state index contributed by atoms with van der Waals surface area (Å²) in [5.74, 6) is 1.44. The van der Waals surface area contributed by atoms with Gasteiger partial charge in [-0.3, -0.25) is 0 Å². The molecule has 82 valence electrons. The zero-order valence-corrected chi connectivity index (χ0v) is 9.00. The summed E-state index contributed by atoms with van der Waals surface area (Å²) >= 11 is 0. The molecular formula is C11H15NO3. The number of quaternary nitrogens is 1. The molecule has 1 unspecified atom stereocenters. The van der Waals surface area contributed by atoms with Crippen LogP contribution in [0.3, 0.4) is 0 Å². The molecule has 0 radical (unpaired) electrons. The van der Waals surface area contributed by atoms with Gasteiger partial charge < -0.3 is 19.7 Å². The summed E-state index contributed by atoms with van der Waals surface area (Å²) in [6, 6.07) is 3.88. The predicted octanol–water partition coefficient (Wildman–Crippen LogP) is 0.143. The first-order chi connectivity index (χ1) is 7.24. The molecule has 1 aliphatic heterocycles. The lowest BCUT2D eigenvalue weighted by Gasteiger charge is -2.28. The van der Waals surface area contributed by atoms with Gasteiger partial charge in [-0.1, -0.05) is 0 Å². The van der Waals surface area contributed by atoms with Gasteiger partial charge in [0.2, 0.25) is 0 Å². The Morgan fingerprint density at radius 3 is 2.33 bits per heavy atom. The molecule has 1 aromatic rings. The standard InChI is InChI=1S/C11H15NO3/c1-14-10-5-8-3-4-12(13)7-9(8)6-11(10)15-2/h5-6,12H,3-4,7H2,1-2H3. The van der Waals surface area contributed by atoms with Crippen molar-refractivity contribution in [1.29, 1.82) is 0 Å². The highest BCUT2D eigenvalue weighted by molar-refractivity contribution is 5.47. The van der Waals surface area contributed by atoms with Gasteiger partial charge in [0, 0.05) is 12.0 Å². The van der Waals surface area contributed by atoms with E-state index in [1.807, 2.05) is 12.1 Å². The maximum Gasteiger partial charge on any atom is 0.161 e. The summed E-state index contributed by atoms with van der Waals surface area (Å²) in [6.45, 7) is 1.16. The van der Waals surface area contributed by atoms with Crippen LogP contribution in [-0.4, -0.2) is 20.8 Å². The molecular weight excluding hydrogens is 194 g/mol. The Kier molecular flexibility index (Phi) is 2.79. The highest BCUT2D eigenvalue weighted by Crippen LogP contribution is 2.31. The van der Waals surface area contributed by atoms with E-state index in [2.05, 4.69) is 0 Å². The van der Waals surface area contributed by atoms with Crippen LogP contribution in [0.5, 0.6) is 11.5 Å². The maximum absolute atomic E-state index is 11.3. The zero-order valence-electron chi connectivity index (χ0n) is 9.00. The van der Waals surface area contributed by atoms with Gasteiger partial charge in [-0.25, -0.2) is 0 Å². The van der Waals surface area contributed by atoms with E-state index in [1.165, 1.54) is 5.56 Å². The van der Waals surface area contributed by atoms with Crippen LogP contribution in [0.15, 0.2) is 12.1 Å². The molecule has 0 amide bonds. The van der Waals surface area contributed by atoms with Gasteiger partial charge in [-0.05, 0) is 17.7 Å². The van der Waals surface area contributed by atoms with Gasteiger partial charge >= 0.3 is 0 Å². The van der Waals surface area contributed by atoms with Crippen LogP contribution in [0.2, 0.25) is 0 Å². The molecule has 2 rings (SSSR count). The van der Waals surface area contributed by atoms with Crippen LogP contribution in [0.4, 0.5) is 0 Å². The van der Waals surface area contributed by atoms with Crippen molar-refractivity contribution in [3.8, 4) is 11.5 Å². The second-order valence-corrected chi connectivity index (χ2v) is 3.69. The third kappa shape index (κ3) is 1.91. The molecule has 0 bridgehead atoms. The molecule has 1 atom stereocenters. The molecule has 4 heteroatoms. The number of ether oxygens (including phenoxy) is 2. The molecule has 15 heavy (non-hydrogen) atoms. The Labute approximate surface area is 89.0 Å². The number of benzene rings is 1. The van der Waals surface area contributed by atoms with E-state index in [0.29, 0.717) is 23.9 Å². The van der Waals surface area contributed by atoms with E-state index in [4.69, 9.17) is 9.47 Å². The van der Waals surface area contributed by atoms with Gasteiger partial charge in [-0.2, -0.15) is 0 Å². The van der Waals surface area contributed by atoms with Crippen molar-refractivity contribution in [2.75, 3.05) is 20.8 Å². The van der Waals surface area contributed by atoms with Crippen molar-refractivity contribution in [2.45, 2.75) is 13.0 Å². The quantitative estimate of drug-likeness (QED) is 0.705. The fraction of sp³-hybridized carbons (Fsp3) is 0.455. The van der Waals surface area contributed by atoms with Crippen molar-refractivity contribution >= 4 is 0 Å². The highest BCUT2D eigenvalue weighted by Gasteiger charge is 2.17. The number of hydrogen-bond donors (Lipinski definition) is 1. The summed E-state index contributed by atoms with van der Waals surface area (Å²) in [5, 5.41) is 11.6. The van der Waals surface area contributed by atoms with Crippen molar-refractivity contribution in [3.05, 3.63) is 28.5 Å². The lowest BCUT2D eigenvalue weighted by Crippen LogP contribution is -3.06. The summed E-state index contributed by atoms with van der Waals surface area (Å²) in [7, 11) is 3.23. The predicted molar refractivity (Wildman–Crippen MR) is 56.2 cm³/mol. The minimum Gasteiger partial charge on any atom is -0.634 e. The molecule has 1 N–H and O–H groups in total. The molecule has 0 saturated carbocycles. The van der Waals surface area contributed by atoms with Gasteiger partial charge in [0.15, 0.2) is 11.5 Å². The molecule has 0 spiro atoms. The van der Waals surface area contributed by atoms with E-state index in [1.54, 1.807) is 14.2 Å². The van der Waals surface area contributed by atoms with Gasteiger partial charge in [0.05, 0.1) is 20.8 Å². The average Bonchev–Trinajstić information content (AvgIpc) is 2.27. The lowest BCUT2D eigenvalue weighted by molar-refractivity contribution is -0.864. The lowest BCUT2D eigenvalue weighted by atomic mass is 10.00. The largest absolute Gasteiger partial charge is 0.634 e. The van der Waals surface area contributed by atoms with E-state index in [-0.39, 0.29) is 0 Å². The van der Waals surface area contributed by atoms with Crippen LogP contribution in [-0.2, 0) is 13.0 Å². The fourth-order valence-electron chi connectivity index (χ4n) is 1.94. The van der Waals surface area contributed by atoms with E-state index in [9.17, 15) is 5.21 Å². The number of rotatable bonds is 2. The highest BCUT2D eigenvalue weighted by atomic mass is 16.5. The molecule has 0 fully saturated rings. The summed E-state index contributed by atoms with van der Waals surface area (Å²) in [6.07, 6.45) is 0.814. The third-order valence-corrected chi connectivity index (χ3v) is 2.77. The number of nitrogens with one attached hydrogen (secondary N) is 1. The van der Waals surface area contributed by atoms with Crippen LogP contribution in [0.1, 0.15) is 11.1 Å². The Morgan fingerprint density at radius 1 is 1.13 bits per heavy atom. The zero-order chi connectivity index (χ0) is 10.8. The van der Waals surface area contributed by atoms with Crippen LogP contribution >= 0.6 is 0 Å². The fourth-order valence-corrected chi connectivity index (χ4v) is 1.94. The molecule has 4 nitrogen and oxygen atoms in total. The Bertz CT molecular complexity index is 365. The van der Waals surface area contributed by atoms with E-state index < -0.39 is 0 Å². The number of fused-ring (bicyclic) bond motifs is 1. The molecule has 0 aromatic heterocycles. The van der Waals surface area contributed by atoms with Crippen molar-refractivity contribution in [2.24, 2.45) is 0 Å². The molecule has 1 heterocycles. The molecule has 1 aliphatic rings. The number of hydrogen-bond acceptors (Lipinski definition) is 3. The Morgan fingerprint density at radius 2 is 1.73 bits per heavy atom. The van der Waals surface area contributed by atoms with Gasteiger partial charge in [-0.15, -0.1) is 0 Å². The second kappa shape index (κ2) is 4.08. The van der Waals surface area contributed by atoms with Crippen molar-refractivity contribution in [3.63, 3.8) is 0 Å². The smallest absolute Gasteiger partial charge is 0.161 e. The number of hydroxylamine groups is 2. The Balaban J connectivity index is 2.41. The first kappa shape index (κ1) is 10.3. The summed E-state index contributed by atoms with van der Waals surface area (Å²) in [4.78, 5) is 0. The molecule has 0 saturated heterocycles. The van der Waals surface area contributed by atoms with Crippen LogP contribution < -0.4 is 14.5 Å². The molecule has 0 aliphatic carbocycles. The molecule has 1 aromatic carbocycles. The summed E-state index contributed by atoms with van der Waals surface area (Å²) in [5.41, 5.74) is 2.27. The first-order valence-electron chi connectivity index (χ1n) is 5.00. The SMILES string of the molecule is COc1cc2c(cc1OC)C[NH+]([O-])CC2. The van der Waals surface area contributed by atoms with Crippen LogP contribution in [0.25, 0.3) is 0 Å². The minimum absolute atomic E-state index is 0.301. The average molecular weight is 209 g/mol. The van der Waals surface area contributed by atoms with Crippen LogP contribution in [0, 0.1) is 5.21 Å². The minimum atomic E-state index is 0.301. The topological polar surface area (TPSA) is 46.0 Å². The Hall–Kier alpha value is -1.26. The van der Waals surface area contributed by atoms with Crippen molar-refractivity contribution < 1.29 is 14.5 Å². The van der Waals surface area contributed by atoms with Crippen molar-refractivity contribution in [1.82, 2.24) is 0 Å². The maximum atomic E-state index is 11.3. The normalized spacial score (nSPS) is 19.5. The number of methoxy groups -OCH3 is 2. The van der Waals surface area contributed by atoms with Gasteiger partial charge in [0.25, 0.3) is 0 Å². The van der Waals surface area contributed by atoms with E-state index in [0.717, 1.165) is 17.7 Å². The van der Waals surface area contributed by atoms with E-state index >= 15 is 0 Å².